The predicted molar refractivity (Wildman–Crippen MR) is 112 cm³/mol. The number of phenolic OH excluding ortho intramolecular Hbond substituents is 1. The minimum atomic E-state index is -0.673. The number of carbonyl (C=O) groups is 3. The van der Waals surface area contributed by atoms with Crippen molar-refractivity contribution in [3.63, 3.8) is 0 Å². The summed E-state index contributed by atoms with van der Waals surface area (Å²) in [4.78, 5) is 35.6. The first-order valence-corrected chi connectivity index (χ1v) is 9.15. The lowest BCUT2D eigenvalue weighted by Gasteiger charge is -2.08. The summed E-state index contributed by atoms with van der Waals surface area (Å²) >= 11 is 0. The molecule has 31 heavy (non-hydrogen) atoms. The van der Waals surface area contributed by atoms with Crippen molar-refractivity contribution in [2.75, 3.05) is 0 Å². The van der Waals surface area contributed by atoms with Gasteiger partial charge in [-0.15, -0.1) is 0 Å². The first-order valence-electron chi connectivity index (χ1n) is 9.15. The monoisotopic (exact) mass is 418 g/mol. The Morgan fingerprint density at radius 1 is 0.871 bits per heavy atom. The molecule has 0 aromatic heterocycles. The molecule has 0 aliphatic heterocycles. The summed E-state index contributed by atoms with van der Waals surface area (Å²) in [5.41, 5.74) is 3.19. The van der Waals surface area contributed by atoms with Crippen molar-refractivity contribution < 1.29 is 29.0 Å². The fourth-order valence-electron chi connectivity index (χ4n) is 2.55. The van der Waals surface area contributed by atoms with E-state index in [1.54, 1.807) is 48.5 Å². The first-order chi connectivity index (χ1) is 14.9. The number of aromatic hydroxyl groups is 1. The van der Waals surface area contributed by atoms with E-state index >= 15 is 0 Å². The number of ether oxygens (including phenoxy) is 2. The lowest BCUT2D eigenvalue weighted by Crippen LogP contribution is -2.17. The number of carbonyl (C=O) groups excluding carboxylic acids is 3. The molecule has 1 amide bonds. The third-order valence-corrected chi connectivity index (χ3v) is 3.98. The van der Waals surface area contributed by atoms with Gasteiger partial charge in [0, 0.05) is 6.92 Å². The van der Waals surface area contributed by atoms with Crippen molar-refractivity contribution in [1.82, 2.24) is 5.43 Å². The van der Waals surface area contributed by atoms with Crippen molar-refractivity contribution in [3.05, 3.63) is 89.5 Å². The zero-order valence-corrected chi connectivity index (χ0v) is 16.4. The highest BCUT2D eigenvalue weighted by molar-refractivity contribution is 5.97. The molecule has 0 fully saturated rings. The van der Waals surface area contributed by atoms with Crippen LogP contribution in [0.1, 0.15) is 33.2 Å². The highest BCUT2D eigenvalue weighted by Crippen LogP contribution is 2.21. The minimum absolute atomic E-state index is 0.107. The second-order valence-corrected chi connectivity index (χ2v) is 6.26. The van der Waals surface area contributed by atoms with Crippen LogP contribution in [0.3, 0.4) is 0 Å². The number of amides is 1. The van der Waals surface area contributed by atoms with Gasteiger partial charge in [0.2, 0.25) is 0 Å². The lowest BCUT2D eigenvalue weighted by atomic mass is 10.2. The maximum atomic E-state index is 12.4. The Morgan fingerprint density at radius 3 is 2.19 bits per heavy atom. The van der Waals surface area contributed by atoms with Gasteiger partial charge in [-0.05, 0) is 54.1 Å². The van der Waals surface area contributed by atoms with Crippen molar-refractivity contribution in [2.45, 2.75) is 6.92 Å². The molecule has 156 valence electrons. The average molecular weight is 418 g/mol. The van der Waals surface area contributed by atoms with Gasteiger partial charge in [-0.1, -0.05) is 24.3 Å². The minimum Gasteiger partial charge on any atom is -0.507 e. The summed E-state index contributed by atoms with van der Waals surface area (Å²) in [5, 5.41) is 13.5. The molecule has 0 unspecified atom stereocenters. The van der Waals surface area contributed by atoms with E-state index in [4.69, 9.17) is 9.47 Å². The molecular formula is C23H18N2O6. The molecule has 0 spiro atoms. The Hall–Kier alpha value is -4.46. The molecule has 8 heteroatoms. The molecule has 0 aliphatic carbocycles. The normalized spacial score (nSPS) is 10.5. The summed E-state index contributed by atoms with van der Waals surface area (Å²) in [6.07, 6.45) is 1.40. The van der Waals surface area contributed by atoms with Crippen molar-refractivity contribution in [2.24, 2.45) is 5.10 Å². The maximum Gasteiger partial charge on any atom is 0.347 e. The quantitative estimate of drug-likeness (QED) is 0.275. The van der Waals surface area contributed by atoms with E-state index < -0.39 is 17.8 Å². The zero-order chi connectivity index (χ0) is 22.2. The van der Waals surface area contributed by atoms with E-state index in [0.29, 0.717) is 5.56 Å². The van der Waals surface area contributed by atoms with Gasteiger partial charge in [0.25, 0.3) is 5.91 Å². The van der Waals surface area contributed by atoms with Crippen molar-refractivity contribution in [3.8, 4) is 17.2 Å². The summed E-state index contributed by atoms with van der Waals surface area (Å²) in [7, 11) is 0. The lowest BCUT2D eigenvalue weighted by molar-refractivity contribution is -0.131. The number of nitrogens with zero attached hydrogens (tertiary/aromatic N) is 1. The van der Waals surface area contributed by atoms with Crippen LogP contribution in [-0.4, -0.2) is 29.2 Å². The third kappa shape index (κ3) is 5.77. The molecule has 2 N–H and O–H groups in total. The van der Waals surface area contributed by atoms with Crippen LogP contribution in [0.25, 0.3) is 0 Å². The van der Waals surface area contributed by atoms with Crippen LogP contribution in [-0.2, 0) is 4.79 Å². The molecule has 0 atom stereocenters. The van der Waals surface area contributed by atoms with Gasteiger partial charge >= 0.3 is 11.9 Å². The van der Waals surface area contributed by atoms with Crippen LogP contribution in [0, 0.1) is 0 Å². The van der Waals surface area contributed by atoms with E-state index in [1.807, 2.05) is 0 Å². The Morgan fingerprint density at radius 2 is 1.52 bits per heavy atom. The predicted octanol–water partition coefficient (Wildman–Crippen LogP) is 3.30. The molecule has 0 aliphatic rings. The van der Waals surface area contributed by atoms with Crippen LogP contribution < -0.4 is 14.9 Å². The van der Waals surface area contributed by atoms with E-state index in [9.17, 15) is 19.5 Å². The molecule has 0 heterocycles. The Labute approximate surface area is 177 Å². The van der Waals surface area contributed by atoms with E-state index in [2.05, 4.69) is 10.5 Å². The average Bonchev–Trinajstić information content (AvgIpc) is 2.75. The van der Waals surface area contributed by atoms with E-state index in [0.717, 1.165) is 0 Å². The third-order valence-electron chi connectivity index (χ3n) is 3.98. The summed E-state index contributed by atoms with van der Waals surface area (Å²) in [6.45, 7) is 1.24. The number of para-hydroxylation sites is 2. The number of rotatable bonds is 6. The summed E-state index contributed by atoms with van der Waals surface area (Å²) in [6, 6.07) is 18.8. The Kier molecular flexibility index (Phi) is 6.74. The number of hydrogen-bond acceptors (Lipinski definition) is 7. The van der Waals surface area contributed by atoms with Crippen molar-refractivity contribution >= 4 is 24.1 Å². The van der Waals surface area contributed by atoms with Gasteiger partial charge in [0.15, 0.2) is 0 Å². The first kappa shape index (κ1) is 21.3. The van der Waals surface area contributed by atoms with Crippen LogP contribution >= 0.6 is 0 Å². The standard InChI is InChI=1S/C23H18N2O6/c1-15(26)30-21-9-5-3-7-19(21)23(29)31-17-12-10-16(11-13-17)14-24-25-22(28)18-6-2-4-8-20(18)27/h2-14,27H,1H3,(H,25,28)/b24-14-. The molecule has 0 radical (unpaired) electrons. The molecule has 3 rings (SSSR count). The van der Waals surface area contributed by atoms with Crippen LogP contribution in [0.15, 0.2) is 77.9 Å². The largest absolute Gasteiger partial charge is 0.507 e. The van der Waals surface area contributed by atoms with Crippen LogP contribution in [0.5, 0.6) is 17.2 Å². The molecule has 3 aromatic rings. The second-order valence-electron chi connectivity index (χ2n) is 6.26. The smallest absolute Gasteiger partial charge is 0.347 e. The fraction of sp³-hybridized carbons (Fsp3) is 0.0435. The van der Waals surface area contributed by atoms with Gasteiger partial charge in [0.05, 0.1) is 11.8 Å². The zero-order valence-electron chi connectivity index (χ0n) is 16.4. The SMILES string of the molecule is CC(=O)Oc1ccccc1C(=O)Oc1ccc(/C=N\NC(=O)c2ccccc2O)cc1. The number of phenols is 1. The highest BCUT2D eigenvalue weighted by atomic mass is 16.5. The number of hydrazone groups is 1. The number of hydrogen-bond donors (Lipinski definition) is 2. The van der Waals surface area contributed by atoms with E-state index in [1.165, 1.54) is 37.4 Å². The van der Waals surface area contributed by atoms with Crippen LogP contribution in [0.4, 0.5) is 0 Å². The Bertz CT molecular complexity index is 1140. The molecule has 0 saturated carbocycles. The van der Waals surface area contributed by atoms with Crippen LogP contribution in [0.2, 0.25) is 0 Å². The van der Waals surface area contributed by atoms with E-state index in [-0.39, 0.29) is 28.4 Å². The topological polar surface area (TPSA) is 114 Å². The molecular weight excluding hydrogens is 400 g/mol. The second kappa shape index (κ2) is 9.84. The Balaban J connectivity index is 1.61. The maximum absolute atomic E-state index is 12.4. The number of benzene rings is 3. The summed E-state index contributed by atoms with van der Waals surface area (Å²) < 4.78 is 10.3. The van der Waals surface area contributed by atoms with Crippen molar-refractivity contribution in [1.29, 1.82) is 0 Å². The molecule has 3 aromatic carbocycles. The van der Waals surface area contributed by atoms with Gasteiger partial charge in [-0.3, -0.25) is 9.59 Å². The van der Waals surface area contributed by atoms with Gasteiger partial charge < -0.3 is 14.6 Å². The fourth-order valence-corrected chi connectivity index (χ4v) is 2.55. The highest BCUT2D eigenvalue weighted by Gasteiger charge is 2.15. The van der Waals surface area contributed by atoms with Gasteiger partial charge in [-0.2, -0.15) is 5.10 Å². The number of nitrogens with one attached hydrogen (secondary N) is 1. The van der Waals surface area contributed by atoms with Gasteiger partial charge in [0.1, 0.15) is 22.8 Å². The number of esters is 2. The molecule has 0 bridgehead atoms. The summed E-state index contributed by atoms with van der Waals surface area (Å²) in [5.74, 6) is -1.52. The molecule has 8 nitrogen and oxygen atoms in total. The van der Waals surface area contributed by atoms with Gasteiger partial charge in [-0.25, -0.2) is 10.2 Å². The molecule has 0 saturated heterocycles.